The Labute approximate surface area is 258 Å². The van der Waals surface area contributed by atoms with Crippen LogP contribution in [0.4, 0.5) is 0 Å². The summed E-state index contributed by atoms with van der Waals surface area (Å²) >= 11 is 2.96. The molecule has 2 amide bonds. The quantitative estimate of drug-likeness (QED) is 0.194. The van der Waals surface area contributed by atoms with Crippen molar-refractivity contribution in [1.29, 1.82) is 0 Å². The summed E-state index contributed by atoms with van der Waals surface area (Å²) in [7, 11) is 0. The predicted octanol–water partition coefficient (Wildman–Crippen LogP) is 6.10. The smallest absolute Gasteiger partial charge is 0.253 e. The highest BCUT2D eigenvalue weighted by Gasteiger charge is 2.33. The average Bonchev–Trinajstić information content (AvgIpc) is 3.81. The molecule has 3 heterocycles. The molecule has 0 spiro atoms. The van der Waals surface area contributed by atoms with E-state index in [-0.39, 0.29) is 30.2 Å². The van der Waals surface area contributed by atoms with Gasteiger partial charge in [0.2, 0.25) is 0 Å². The summed E-state index contributed by atoms with van der Waals surface area (Å²) in [5.41, 5.74) is 4.79. The highest BCUT2D eigenvalue weighted by molar-refractivity contribution is 7.99. The van der Waals surface area contributed by atoms with Crippen molar-refractivity contribution in [2.75, 3.05) is 5.75 Å². The van der Waals surface area contributed by atoms with Crippen LogP contribution in [-0.2, 0) is 17.9 Å². The minimum absolute atomic E-state index is 0.102. The third kappa shape index (κ3) is 6.76. The Bertz CT molecular complexity index is 1720. The van der Waals surface area contributed by atoms with Gasteiger partial charge in [0.15, 0.2) is 11.0 Å². The summed E-state index contributed by atoms with van der Waals surface area (Å²) < 4.78 is 1.96. The second kappa shape index (κ2) is 13.2. The molecule has 2 aromatic heterocycles. The van der Waals surface area contributed by atoms with E-state index in [1.807, 2.05) is 70.6 Å². The lowest BCUT2D eigenvalue weighted by Crippen LogP contribution is -2.28. The number of aromatic nitrogens is 3. The van der Waals surface area contributed by atoms with Gasteiger partial charge < -0.3 is 9.88 Å². The van der Waals surface area contributed by atoms with E-state index in [0.717, 1.165) is 21.7 Å². The standard InChI is InChI=1S/C33H30N6O2S2/c1-23-14-16-25(17-15-23)28-19-27(29-13-8-18-42-29)37-39(28)31(40)22-43-33-36-35-30(38(33)21-24-9-4-2-5-10-24)20-34-32(41)26-11-6-3-7-12-26/h2-18,28H,19-22H2,1H3,(H,34,41)/t28-/m1/s1. The number of hydrazone groups is 1. The van der Waals surface area contributed by atoms with Crippen molar-refractivity contribution in [3.05, 3.63) is 135 Å². The number of aryl methyl sites for hydroxylation is 1. The van der Waals surface area contributed by atoms with Gasteiger partial charge in [-0.2, -0.15) is 5.10 Å². The van der Waals surface area contributed by atoms with Gasteiger partial charge in [-0.25, -0.2) is 5.01 Å². The summed E-state index contributed by atoms with van der Waals surface area (Å²) in [6, 6.07) is 31.2. The van der Waals surface area contributed by atoms with Crippen LogP contribution >= 0.6 is 23.1 Å². The molecule has 8 nitrogen and oxygen atoms in total. The minimum atomic E-state index is -0.185. The summed E-state index contributed by atoms with van der Waals surface area (Å²) in [6.45, 7) is 2.77. The molecule has 3 aromatic carbocycles. The van der Waals surface area contributed by atoms with Crippen LogP contribution in [0.3, 0.4) is 0 Å². The molecule has 5 aromatic rings. The monoisotopic (exact) mass is 606 g/mol. The largest absolute Gasteiger partial charge is 0.345 e. The van der Waals surface area contributed by atoms with Gasteiger partial charge >= 0.3 is 0 Å². The van der Waals surface area contributed by atoms with Crippen molar-refractivity contribution in [3.63, 3.8) is 0 Å². The summed E-state index contributed by atoms with van der Waals surface area (Å²) in [6.07, 6.45) is 0.662. The van der Waals surface area contributed by atoms with Gasteiger partial charge in [0.1, 0.15) is 0 Å². The maximum atomic E-state index is 13.7. The molecule has 0 radical (unpaired) electrons. The van der Waals surface area contributed by atoms with Gasteiger partial charge in [-0.3, -0.25) is 9.59 Å². The van der Waals surface area contributed by atoms with E-state index < -0.39 is 0 Å². The lowest BCUT2D eigenvalue weighted by Gasteiger charge is -2.22. The number of carbonyl (C=O) groups excluding carboxylic acids is 2. The molecule has 0 saturated carbocycles. The van der Waals surface area contributed by atoms with Gasteiger partial charge in [0.25, 0.3) is 11.8 Å². The van der Waals surface area contributed by atoms with Crippen molar-refractivity contribution in [1.82, 2.24) is 25.1 Å². The molecular formula is C33H30N6O2S2. The Balaban J connectivity index is 1.21. The highest BCUT2D eigenvalue weighted by Crippen LogP contribution is 2.35. The van der Waals surface area contributed by atoms with Gasteiger partial charge in [-0.1, -0.05) is 96.2 Å². The second-order valence-corrected chi connectivity index (χ2v) is 12.1. The fourth-order valence-electron chi connectivity index (χ4n) is 4.90. The van der Waals surface area contributed by atoms with Crippen LogP contribution in [0.2, 0.25) is 0 Å². The summed E-state index contributed by atoms with van der Waals surface area (Å²) in [5, 5.41) is 20.8. The number of nitrogens with zero attached hydrogens (tertiary/aromatic N) is 5. The zero-order valence-corrected chi connectivity index (χ0v) is 25.2. The van der Waals surface area contributed by atoms with Crippen LogP contribution in [0, 0.1) is 6.92 Å². The van der Waals surface area contributed by atoms with E-state index in [1.54, 1.807) is 28.5 Å². The van der Waals surface area contributed by atoms with Gasteiger partial charge in [0.05, 0.1) is 35.5 Å². The molecule has 216 valence electrons. The van der Waals surface area contributed by atoms with Crippen LogP contribution < -0.4 is 5.32 Å². The molecule has 6 rings (SSSR count). The number of thioether (sulfide) groups is 1. The number of nitrogens with one attached hydrogen (secondary N) is 1. The van der Waals surface area contributed by atoms with E-state index in [1.165, 1.54) is 17.3 Å². The molecule has 1 aliphatic rings. The van der Waals surface area contributed by atoms with Gasteiger partial charge in [-0.05, 0) is 41.6 Å². The zero-order valence-electron chi connectivity index (χ0n) is 23.6. The van der Waals surface area contributed by atoms with Crippen LogP contribution in [0.1, 0.15) is 50.2 Å². The Hall–Kier alpha value is -4.54. The number of benzene rings is 3. The maximum absolute atomic E-state index is 13.7. The van der Waals surface area contributed by atoms with E-state index in [9.17, 15) is 9.59 Å². The predicted molar refractivity (Wildman–Crippen MR) is 170 cm³/mol. The van der Waals surface area contributed by atoms with E-state index >= 15 is 0 Å². The molecule has 0 fully saturated rings. The number of rotatable bonds is 10. The number of amides is 2. The molecule has 0 bridgehead atoms. The lowest BCUT2D eigenvalue weighted by atomic mass is 10.00. The lowest BCUT2D eigenvalue weighted by molar-refractivity contribution is -0.130. The fraction of sp³-hybridized carbons (Fsp3) is 0.182. The van der Waals surface area contributed by atoms with Gasteiger partial charge in [0, 0.05) is 12.0 Å². The molecule has 0 aliphatic carbocycles. The maximum Gasteiger partial charge on any atom is 0.253 e. The van der Waals surface area contributed by atoms with E-state index in [0.29, 0.717) is 29.5 Å². The number of carbonyl (C=O) groups is 2. The summed E-state index contributed by atoms with van der Waals surface area (Å²) in [5.74, 6) is 0.470. The number of thiophene rings is 1. The van der Waals surface area contributed by atoms with Crippen molar-refractivity contribution < 1.29 is 9.59 Å². The van der Waals surface area contributed by atoms with Crippen molar-refractivity contribution >= 4 is 40.6 Å². The van der Waals surface area contributed by atoms with Gasteiger partial charge in [-0.15, -0.1) is 21.5 Å². The van der Waals surface area contributed by atoms with Crippen molar-refractivity contribution in [2.24, 2.45) is 5.10 Å². The highest BCUT2D eigenvalue weighted by atomic mass is 32.2. The molecule has 0 unspecified atom stereocenters. The first-order valence-corrected chi connectivity index (χ1v) is 15.8. The van der Waals surface area contributed by atoms with E-state index in [2.05, 4.69) is 46.7 Å². The Morgan fingerprint density at radius 1 is 0.930 bits per heavy atom. The van der Waals surface area contributed by atoms with E-state index in [4.69, 9.17) is 5.10 Å². The topological polar surface area (TPSA) is 92.5 Å². The fourth-order valence-corrected chi connectivity index (χ4v) is 6.43. The Morgan fingerprint density at radius 2 is 1.67 bits per heavy atom. The average molecular weight is 607 g/mol. The molecule has 43 heavy (non-hydrogen) atoms. The third-order valence-corrected chi connectivity index (χ3v) is 9.05. The third-order valence-electron chi connectivity index (χ3n) is 7.18. The first-order chi connectivity index (χ1) is 21.0. The van der Waals surface area contributed by atoms with Crippen LogP contribution in [0.15, 0.2) is 113 Å². The minimum Gasteiger partial charge on any atom is -0.345 e. The number of hydrogen-bond donors (Lipinski definition) is 1. The van der Waals surface area contributed by atoms with Crippen LogP contribution in [0.5, 0.6) is 0 Å². The second-order valence-electron chi connectivity index (χ2n) is 10.2. The molecule has 1 atom stereocenters. The Morgan fingerprint density at radius 3 is 2.40 bits per heavy atom. The summed E-state index contributed by atoms with van der Waals surface area (Å²) in [4.78, 5) is 27.5. The van der Waals surface area contributed by atoms with Crippen molar-refractivity contribution in [2.45, 2.75) is 37.6 Å². The molecule has 0 saturated heterocycles. The van der Waals surface area contributed by atoms with Crippen LogP contribution in [0.25, 0.3) is 0 Å². The zero-order chi connectivity index (χ0) is 29.6. The first kappa shape index (κ1) is 28.6. The first-order valence-electron chi connectivity index (χ1n) is 14.0. The SMILES string of the molecule is Cc1ccc([C@H]2CC(c3cccs3)=NN2C(=O)CSc2nnc(CNC(=O)c3ccccc3)n2Cc2ccccc2)cc1. The Kier molecular flexibility index (Phi) is 8.76. The molecule has 10 heteroatoms. The normalized spacial score (nSPS) is 14.5. The molecule has 1 aliphatic heterocycles. The number of hydrogen-bond acceptors (Lipinski definition) is 7. The van der Waals surface area contributed by atoms with Crippen LogP contribution in [-0.4, -0.2) is 43.1 Å². The van der Waals surface area contributed by atoms with Crippen molar-refractivity contribution in [3.8, 4) is 0 Å². The molecular weight excluding hydrogens is 577 g/mol. The molecule has 1 N–H and O–H groups in total.